The number of ether oxygens (including phenoxy) is 1. The lowest BCUT2D eigenvalue weighted by atomic mass is 9.78. The highest BCUT2D eigenvalue weighted by Gasteiger charge is 2.40. The van der Waals surface area contributed by atoms with E-state index in [4.69, 9.17) is 4.74 Å². The second-order valence-electron chi connectivity index (χ2n) is 7.47. The minimum Gasteiger partial charge on any atom is -0.468 e. The number of hydrogen-bond donors (Lipinski definition) is 0. The molecule has 2 heterocycles. The van der Waals surface area contributed by atoms with Crippen LogP contribution in [0.5, 0.6) is 0 Å². The molecule has 0 radical (unpaired) electrons. The smallest absolute Gasteiger partial charge is 0.324 e. The maximum atomic E-state index is 12.9. The van der Waals surface area contributed by atoms with Crippen LogP contribution in [-0.2, 0) is 24.2 Å². The second kappa shape index (κ2) is 7.61. The second-order valence-corrected chi connectivity index (χ2v) is 9.69. The van der Waals surface area contributed by atoms with Crippen molar-refractivity contribution in [1.29, 1.82) is 0 Å². The summed E-state index contributed by atoms with van der Waals surface area (Å²) >= 11 is 0. The van der Waals surface area contributed by atoms with E-state index < -0.39 is 21.8 Å². The molecular formula is C17H28N2O5S. The van der Waals surface area contributed by atoms with Gasteiger partial charge in [-0.25, -0.2) is 8.42 Å². The zero-order chi connectivity index (χ0) is 18.0. The van der Waals surface area contributed by atoms with Gasteiger partial charge in [0.25, 0.3) is 0 Å². The average Bonchev–Trinajstić information content (AvgIpc) is 2.61. The van der Waals surface area contributed by atoms with Gasteiger partial charge in [-0.1, -0.05) is 12.8 Å². The van der Waals surface area contributed by atoms with Crippen LogP contribution in [0.1, 0.15) is 38.5 Å². The van der Waals surface area contributed by atoms with Crippen molar-refractivity contribution in [3.8, 4) is 0 Å². The number of sulfone groups is 1. The van der Waals surface area contributed by atoms with Gasteiger partial charge in [0.05, 0.1) is 25.2 Å². The Morgan fingerprint density at radius 1 is 1.08 bits per heavy atom. The van der Waals surface area contributed by atoms with Crippen LogP contribution < -0.4 is 0 Å². The number of esters is 1. The standard InChI is InChI=1S/C17H28N2O5S/c1-24-17(21)15-12-25(22,23)10-9-18(15)11-16(20)19-8-4-6-13-5-2-3-7-14(13)19/h13-15H,2-12H2,1H3. The lowest BCUT2D eigenvalue weighted by Crippen LogP contribution is -2.58. The van der Waals surface area contributed by atoms with Crippen molar-refractivity contribution in [1.82, 2.24) is 9.80 Å². The van der Waals surface area contributed by atoms with E-state index >= 15 is 0 Å². The maximum absolute atomic E-state index is 12.9. The fraction of sp³-hybridized carbons (Fsp3) is 0.882. The molecule has 8 heteroatoms. The molecule has 3 rings (SSSR count). The van der Waals surface area contributed by atoms with E-state index in [0.29, 0.717) is 12.0 Å². The molecule has 0 spiro atoms. The number of amides is 1. The highest BCUT2D eigenvalue weighted by Crippen LogP contribution is 2.35. The molecule has 1 saturated carbocycles. The Morgan fingerprint density at radius 2 is 1.80 bits per heavy atom. The van der Waals surface area contributed by atoms with Gasteiger partial charge < -0.3 is 9.64 Å². The van der Waals surface area contributed by atoms with Crippen LogP contribution in [0.2, 0.25) is 0 Å². The number of carbonyl (C=O) groups excluding carboxylic acids is 2. The molecule has 0 aromatic carbocycles. The van der Waals surface area contributed by atoms with Gasteiger partial charge in [0.1, 0.15) is 6.04 Å². The van der Waals surface area contributed by atoms with Crippen LogP contribution in [0.4, 0.5) is 0 Å². The van der Waals surface area contributed by atoms with Crippen LogP contribution in [0, 0.1) is 5.92 Å². The van der Waals surface area contributed by atoms with Crippen molar-refractivity contribution in [3.63, 3.8) is 0 Å². The summed E-state index contributed by atoms with van der Waals surface area (Å²) in [4.78, 5) is 28.6. The van der Waals surface area contributed by atoms with E-state index in [1.165, 1.54) is 26.4 Å². The van der Waals surface area contributed by atoms with Crippen molar-refractivity contribution < 1.29 is 22.7 Å². The molecule has 0 aromatic rings. The molecule has 2 saturated heterocycles. The van der Waals surface area contributed by atoms with Crippen LogP contribution in [-0.4, -0.2) is 80.4 Å². The summed E-state index contributed by atoms with van der Waals surface area (Å²) in [5.74, 6) is -0.238. The number of hydrogen-bond acceptors (Lipinski definition) is 6. The van der Waals surface area contributed by atoms with Crippen molar-refractivity contribution in [3.05, 3.63) is 0 Å². The van der Waals surface area contributed by atoms with Gasteiger partial charge in [-0.2, -0.15) is 0 Å². The highest BCUT2D eigenvalue weighted by atomic mass is 32.2. The topological polar surface area (TPSA) is 84.0 Å². The number of methoxy groups -OCH3 is 1. The van der Waals surface area contributed by atoms with Gasteiger partial charge in [0.15, 0.2) is 9.84 Å². The van der Waals surface area contributed by atoms with Crippen LogP contribution in [0.15, 0.2) is 0 Å². The molecule has 3 atom stereocenters. The Labute approximate surface area is 149 Å². The molecule has 3 aliphatic rings. The van der Waals surface area contributed by atoms with E-state index in [9.17, 15) is 18.0 Å². The summed E-state index contributed by atoms with van der Waals surface area (Å²) in [6.07, 6.45) is 6.89. The van der Waals surface area contributed by atoms with E-state index in [1.807, 2.05) is 4.90 Å². The lowest BCUT2D eigenvalue weighted by molar-refractivity contribution is -0.148. The number of carbonyl (C=O) groups is 2. The molecule has 3 unspecified atom stereocenters. The Kier molecular flexibility index (Phi) is 5.68. The van der Waals surface area contributed by atoms with Gasteiger partial charge >= 0.3 is 5.97 Å². The summed E-state index contributed by atoms with van der Waals surface area (Å²) in [5, 5.41) is 0. The molecule has 3 fully saturated rings. The van der Waals surface area contributed by atoms with Crippen molar-refractivity contribution in [2.75, 3.05) is 38.2 Å². The van der Waals surface area contributed by atoms with Gasteiger partial charge in [-0.05, 0) is 31.6 Å². The molecule has 0 N–H and O–H groups in total. The van der Waals surface area contributed by atoms with E-state index in [1.54, 1.807) is 4.90 Å². The Morgan fingerprint density at radius 3 is 2.56 bits per heavy atom. The number of fused-ring (bicyclic) bond motifs is 1. The van der Waals surface area contributed by atoms with Gasteiger partial charge in [0, 0.05) is 19.1 Å². The first kappa shape index (κ1) is 18.6. The van der Waals surface area contributed by atoms with Crippen LogP contribution >= 0.6 is 0 Å². The zero-order valence-electron chi connectivity index (χ0n) is 14.9. The minimum atomic E-state index is -3.27. The van der Waals surface area contributed by atoms with Crippen molar-refractivity contribution in [2.24, 2.45) is 5.92 Å². The largest absolute Gasteiger partial charge is 0.468 e. The molecule has 0 aromatic heterocycles. The minimum absolute atomic E-state index is 0.0141. The zero-order valence-corrected chi connectivity index (χ0v) is 15.7. The first-order chi connectivity index (χ1) is 11.9. The molecular weight excluding hydrogens is 344 g/mol. The molecule has 1 aliphatic carbocycles. The molecule has 142 valence electrons. The fourth-order valence-corrected chi connectivity index (χ4v) is 6.09. The highest BCUT2D eigenvalue weighted by molar-refractivity contribution is 7.91. The molecule has 25 heavy (non-hydrogen) atoms. The fourth-order valence-electron chi connectivity index (χ4n) is 4.58. The quantitative estimate of drug-likeness (QED) is 0.669. The van der Waals surface area contributed by atoms with Crippen molar-refractivity contribution in [2.45, 2.75) is 50.6 Å². The predicted molar refractivity (Wildman–Crippen MR) is 92.7 cm³/mol. The maximum Gasteiger partial charge on any atom is 0.324 e. The van der Waals surface area contributed by atoms with E-state index in [2.05, 4.69) is 0 Å². The molecule has 2 aliphatic heterocycles. The third-order valence-electron chi connectivity index (χ3n) is 5.92. The first-order valence-corrected chi connectivity index (χ1v) is 11.0. The summed E-state index contributed by atoms with van der Waals surface area (Å²) in [5.41, 5.74) is 0. The average molecular weight is 372 g/mol. The third kappa shape index (κ3) is 4.16. The summed E-state index contributed by atoms with van der Waals surface area (Å²) < 4.78 is 28.5. The number of rotatable bonds is 3. The van der Waals surface area contributed by atoms with E-state index in [0.717, 1.165) is 25.8 Å². The van der Waals surface area contributed by atoms with Gasteiger partial charge in [-0.15, -0.1) is 0 Å². The van der Waals surface area contributed by atoms with Crippen LogP contribution in [0.25, 0.3) is 0 Å². The van der Waals surface area contributed by atoms with E-state index in [-0.39, 0.29) is 30.5 Å². The monoisotopic (exact) mass is 372 g/mol. The summed E-state index contributed by atoms with van der Waals surface area (Å²) in [6.45, 7) is 1.07. The molecule has 0 bridgehead atoms. The number of likely N-dealkylation sites (tertiary alicyclic amines) is 1. The molecule has 1 amide bonds. The first-order valence-electron chi connectivity index (χ1n) is 9.23. The Balaban J connectivity index is 1.69. The number of nitrogens with zero attached hydrogens (tertiary/aromatic N) is 2. The normalized spacial score (nSPS) is 32.7. The third-order valence-corrected chi connectivity index (χ3v) is 7.55. The van der Waals surface area contributed by atoms with Crippen LogP contribution in [0.3, 0.4) is 0 Å². The SMILES string of the molecule is COC(=O)C1CS(=O)(=O)CCN1CC(=O)N1CCCC2CCCCC21. The molecule has 7 nitrogen and oxygen atoms in total. The van der Waals surface area contributed by atoms with Gasteiger partial charge in [0.2, 0.25) is 5.91 Å². The summed E-state index contributed by atoms with van der Waals surface area (Å²) in [7, 11) is -2.02. The Bertz CT molecular complexity index is 619. The van der Waals surface area contributed by atoms with Crippen molar-refractivity contribution >= 4 is 21.7 Å². The predicted octanol–water partition coefficient (Wildman–Crippen LogP) is 0.440. The van der Waals surface area contributed by atoms with Gasteiger partial charge in [-0.3, -0.25) is 14.5 Å². The Hall–Kier alpha value is -1.15. The lowest BCUT2D eigenvalue weighted by Gasteiger charge is -2.45. The summed E-state index contributed by atoms with van der Waals surface area (Å²) in [6, 6.07) is -0.556. The number of piperidine rings is 1.